The summed E-state index contributed by atoms with van der Waals surface area (Å²) in [6.07, 6.45) is 5.85. The molecular formula is C20H19N3O5. The third kappa shape index (κ3) is 2.72. The monoisotopic (exact) mass is 381 g/mol. The Hall–Kier alpha value is -3.29. The van der Waals surface area contributed by atoms with Crippen LogP contribution in [0.1, 0.15) is 32.1 Å². The zero-order valence-corrected chi connectivity index (χ0v) is 15.1. The van der Waals surface area contributed by atoms with Crippen LogP contribution in [0.25, 0.3) is 0 Å². The number of imide groups is 1. The molecule has 0 unspecified atom stereocenters. The van der Waals surface area contributed by atoms with Gasteiger partial charge in [-0.3, -0.25) is 4.79 Å². The molecule has 1 N–H and O–H groups in total. The number of anilines is 1. The lowest BCUT2D eigenvalue weighted by Gasteiger charge is -2.30. The number of amides is 3. The number of rotatable bonds is 3. The third-order valence-corrected chi connectivity index (χ3v) is 5.41. The van der Waals surface area contributed by atoms with Gasteiger partial charge < -0.3 is 19.5 Å². The normalized spacial score (nSPS) is 19.8. The first-order chi connectivity index (χ1) is 13.6. The highest BCUT2D eigenvalue weighted by Crippen LogP contribution is 2.38. The first-order valence-corrected chi connectivity index (χ1v) is 9.35. The number of benzene rings is 1. The summed E-state index contributed by atoms with van der Waals surface area (Å²) in [5, 5.41) is 2.91. The standard InChI is InChI=1S/C20H19N3O5/c24-18-20(7-2-1-3-8-20)22-19(25)23(18)13-6-9-21-17(10-13)28-14-4-5-15-16(11-14)27-12-26-15/h4-6,9-11H,1-3,7-8,12H2,(H,22,25). The summed E-state index contributed by atoms with van der Waals surface area (Å²) < 4.78 is 16.4. The molecule has 144 valence electrons. The maximum Gasteiger partial charge on any atom is 0.329 e. The van der Waals surface area contributed by atoms with Crippen LogP contribution >= 0.6 is 0 Å². The number of pyridine rings is 1. The van der Waals surface area contributed by atoms with Crippen LogP contribution in [0.2, 0.25) is 0 Å². The summed E-state index contributed by atoms with van der Waals surface area (Å²) in [5.74, 6) is 1.86. The average molecular weight is 381 g/mol. The van der Waals surface area contributed by atoms with Crippen molar-refractivity contribution in [3.8, 4) is 23.1 Å². The van der Waals surface area contributed by atoms with E-state index >= 15 is 0 Å². The molecule has 3 amide bonds. The van der Waals surface area contributed by atoms with Crippen LogP contribution in [0.15, 0.2) is 36.5 Å². The maximum atomic E-state index is 13.0. The number of ether oxygens (including phenoxy) is 3. The number of nitrogens with zero attached hydrogens (tertiary/aromatic N) is 2. The largest absolute Gasteiger partial charge is 0.454 e. The molecule has 0 atom stereocenters. The zero-order chi connectivity index (χ0) is 19.1. The predicted octanol–water partition coefficient (Wildman–Crippen LogP) is 3.36. The van der Waals surface area contributed by atoms with E-state index in [1.165, 1.54) is 11.1 Å². The lowest BCUT2D eigenvalue weighted by molar-refractivity contribution is -0.123. The summed E-state index contributed by atoms with van der Waals surface area (Å²) in [7, 11) is 0. The van der Waals surface area contributed by atoms with E-state index in [2.05, 4.69) is 10.3 Å². The molecule has 28 heavy (non-hydrogen) atoms. The van der Waals surface area contributed by atoms with Crippen molar-refractivity contribution in [2.24, 2.45) is 0 Å². The molecule has 0 bridgehead atoms. The van der Waals surface area contributed by atoms with E-state index in [0.717, 1.165) is 19.3 Å². The fourth-order valence-corrected chi connectivity index (χ4v) is 4.00. The molecule has 8 nitrogen and oxygen atoms in total. The Bertz CT molecular complexity index is 955. The molecule has 2 fully saturated rings. The van der Waals surface area contributed by atoms with Crippen LogP contribution < -0.4 is 24.4 Å². The Kier molecular flexibility index (Phi) is 3.85. The smallest absolute Gasteiger partial charge is 0.329 e. The molecular weight excluding hydrogens is 362 g/mol. The van der Waals surface area contributed by atoms with E-state index < -0.39 is 11.6 Å². The number of hydrogen-bond donors (Lipinski definition) is 1. The van der Waals surface area contributed by atoms with Crippen molar-refractivity contribution in [2.45, 2.75) is 37.6 Å². The van der Waals surface area contributed by atoms with Gasteiger partial charge >= 0.3 is 6.03 Å². The minimum Gasteiger partial charge on any atom is -0.454 e. The lowest BCUT2D eigenvalue weighted by Crippen LogP contribution is -2.48. The van der Waals surface area contributed by atoms with E-state index in [-0.39, 0.29) is 18.6 Å². The highest BCUT2D eigenvalue weighted by atomic mass is 16.7. The predicted molar refractivity (Wildman–Crippen MR) is 98.7 cm³/mol. The van der Waals surface area contributed by atoms with Crippen LogP contribution in [-0.4, -0.2) is 29.3 Å². The van der Waals surface area contributed by atoms with Gasteiger partial charge in [0.25, 0.3) is 5.91 Å². The van der Waals surface area contributed by atoms with Crippen molar-refractivity contribution in [2.75, 3.05) is 11.7 Å². The summed E-state index contributed by atoms with van der Waals surface area (Å²) in [6, 6.07) is 8.03. The molecule has 3 heterocycles. The highest BCUT2D eigenvalue weighted by Gasteiger charge is 2.51. The number of carbonyl (C=O) groups is 2. The Balaban J connectivity index is 1.40. The molecule has 1 spiro atoms. The Morgan fingerprint density at radius 1 is 1.04 bits per heavy atom. The van der Waals surface area contributed by atoms with Gasteiger partial charge in [-0.2, -0.15) is 0 Å². The van der Waals surface area contributed by atoms with Gasteiger partial charge in [-0.15, -0.1) is 0 Å². The molecule has 2 aliphatic heterocycles. The molecule has 1 saturated carbocycles. The van der Waals surface area contributed by atoms with Crippen molar-refractivity contribution in [1.29, 1.82) is 0 Å². The van der Waals surface area contributed by atoms with Gasteiger partial charge in [-0.05, 0) is 31.0 Å². The van der Waals surface area contributed by atoms with Crippen LogP contribution in [-0.2, 0) is 4.79 Å². The van der Waals surface area contributed by atoms with Gasteiger partial charge in [0.1, 0.15) is 11.3 Å². The molecule has 1 aliphatic carbocycles. The number of aromatic nitrogens is 1. The fourth-order valence-electron chi connectivity index (χ4n) is 4.00. The summed E-state index contributed by atoms with van der Waals surface area (Å²) in [5.41, 5.74) is -0.326. The van der Waals surface area contributed by atoms with E-state index in [9.17, 15) is 9.59 Å². The molecule has 0 radical (unpaired) electrons. The number of fused-ring (bicyclic) bond motifs is 1. The van der Waals surface area contributed by atoms with Gasteiger partial charge in [-0.1, -0.05) is 19.3 Å². The van der Waals surface area contributed by atoms with E-state index in [4.69, 9.17) is 14.2 Å². The van der Waals surface area contributed by atoms with Gasteiger partial charge in [0, 0.05) is 18.3 Å². The molecule has 8 heteroatoms. The summed E-state index contributed by atoms with van der Waals surface area (Å²) in [6.45, 7) is 0.181. The first-order valence-electron chi connectivity index (χ1n) is 9.35. The number of carbonyl (C=O) groups excluding carboxylic acids is 2. The van der Waals surface area contributed by atoms with Crippen LogP contribution in [0.4, 0.5) is 10.5 Å². The third-order valence-electron chi connectivity index (χ3n) is 5.41. The quantitative estimate of drug-likeness (QED) is 0.820. The van der Waals surface area contributed by atoms with Crippen molar-refractivity contribution in [1.82, 2.24) is 10.3 Å². The molecule has 2 aromatic rings. The fraction of sp³-hybridized carbons (Fsp3) is 0.350. The molecule has 5 rings (SSSR count). The second-order valence-electron chi connectivity index (χ2n) is 7.18. The minimum atomic E-state index is -0.767. The van der Waals surface area contributed by atoms with Gasteiger partial charge in [0.05, 0.1) is 5.69 Å². The number of hydrogen-bond acceptors (Lipinski definition) is 6. The highest BCUT2D eigenvalue weighted by molar-refractivity contribution is 6.23. The van der Waals surface area contributed by atoms with E-state index in [1.807, 2.05) is 0 Å². The number of nitrogens with one attached hydrogen (secondary N) is 1. The molecule has 1 aromatic carbocycles. The van der Waals surface area contributed by atoms with Crippen molar-refractivity contribution in [3.63, 3.8) is 0 Å². The summed E-state index contributed by atoms with van der Waals surface area (Å²) in [4.78, 5) is 31.0. The second-order valence-corrected chi connectivity index (χ2v) is 7.18. The maximum absolute atomic E-state index is 13.0. The van der Waals surface area contributed by atoms with Crippen molar-refractivity contribution >= 4 is 17.6 Å². The average Bonchev–Trinajstić information content (AvgIpc) is 3.25. The van der Waals surface area contributed by atoms with Crippen LogP contribution in [0, 0.1) is 0 Å². The van der Waals surface area contributed by atoms with Crippen LogP contribution in [0.3, 0.4) is 0 Å². The first kappa shape index (κ1) is 16.9. The van der Waals surface area contributed by atoms with Gasteiger partial charge in [0.15, 0.2) is 11.5 Å². The minimum absolute atomic E-state index is 0.181. The topological polar surface area (TPSA) is 90.0 Å². The van der Waals surface area contributed by atoms with E-state index in [1.54, 1.807) is 30.3 Å². The Labute approximate surface area is 161 Å². The SMILES string of the molecule is O=C1NC2(CCCCC2)C(=O)N1c1ccnc(Oc2ccc3c(c2)OCO3)c1. The van der Waals surface area contributed by atoms with Crippen molar-refractivity contribution in [3.05, 3.63) is 36.5 Å². The molecule has 3 aliphatic rings. The Morgan fingerprint density at radius 2 is 1.86 bits per heavy atom. The van der Waals surface area contributed by atoms with Crippen molar-refractivity contribution < 1.29 is 23.8 Å². The number of urea groups is 1. The van der Waals surface area contributed by atoms with Crippen LogP contribution in [0.5, 0.6) is 23.1 Å². The second kappa shape index (κ2) is 6.40. The van der Waals surface area contributed by atoms with Gasteiger partial charge in [0.2, 0.25) is 12.7 Å². The van der Waals surface area contributed by atoms with Gasteiger partial charge in [-0.25, -0.2) is 14.7 Å². The molecule has 1 aromatic heterocycles. The zero-order valence-electron chi connectivity index (χ0n) is 15.1. The Morgan fingerprint density at radius 3 is 2.71 bits per heavy atom. The van der Waals surface area contributed by atoms with E-state index in [0.29, 0.717) is 35.8 Å². The summed E-state index contributed by atoms with van der Waals surface area (Å²) >= 11 is 0. The lowest BCUT2D eigenvalue weighted by atomic mass is 9.82. The molecule has 1 saturated heterocycles.